The zero-order valence-electron chi connectivity index (χ0n) is 14.8. The summed E-state index contributed by atoms with van der Waals surface area (Å²) >= 11 is 0. The molecule has 1 saturated heterocycles. The van der Waals surface area contributed by atoms with E-state index in [1.807, 2.05) is 13.8 Å². The van der Waals surface area contributed by atoms with Gasteiger partial charge in [-0.05, 0) is 25.8 Å². The molecule has 0 amide bonds. The normalized spacial score (nSPS) is 23.7. The fourth-order valence-electron chi connectivity index (χ4n) is 3.06. The molecule has 0 N–H and O–H groups in total. The number of ether oxygens (including phenoxy) is 2. The quantitative estimate of drug-likeness (QED) is 0.833. The van der Waals surface area contributed by atoms with Crippen molar-refractivity contribution >= 4 is 5.82 Å². The molecule has 124 valence electrons. The van der Waals surface area contributed by atoms with E-state index in [4.69, 9.17) is 14.5 Å². The summed E-state index contributed by atoms with van der Waals surface area (Å²) in [5.41, 5.74) is 2.47. The van der Waals surface area contributed by atoms with Crippen LogP contribution >= 0.6 is 0 Å². The zero-order valence-corrected chi connectivity index (χ0v) is 14.8. The Morgan fingerprint density at radius 1 is 1.18 bits per heavy atom. The molecule has 2 aliphatic rings. The van der Waals surface area contributed by atoms with Gasteiger partial charge in [-0.3, -0.25) is 0 Å². The third-order valence-corrected chi connectivity index (χ3v) is 3.98. The van der Waals surface area contributed by atoms with Crippen LogP contribution < -0.4 is 9.64 Å². The van der Waals surface area contributed by atoms with E-state index in [1.165, 1.54) is 5.56 Å². The van der Waals surface area contributed by atoms with Crippen LogP contribution in [0.2, 0.25) is 0 Å². The van der Waals surface area contributed by atoms with Crippen molar-refractivity contribution in [3.05, 3.63) is 17.3 Å². The van der Waals surface area contributed by atoms with Crippen molar-refractivity contribution in [3.63, 3.8) is 0 Å². The minimum absolute atomic E-state index is 0.236. The second kappa shape index (κ2) is 7.32. The molecule has 0 spiro atoms. The van der Waals surface area contributed by atoms with E-state index in [9.17, 15) is 0 Å². The van der Waals surface area contributed by atoms with E-state index in [0.29, 0.717) is 5.92 Å². The van der Waals surface area contributed by atoms with Crippen LogP contribution in [0.1, 0.15) is 58.7 Å². The molecule has 1 aromatic heterocycles. The molecule has 22 heavy (non-hydrogen) atoms. The molecule has 2 unspecified atom stereocenters. The highest BCUT2D eigenvalue weighted by molar-refractivity contribution is 5.59. The van der Waals surface area contributed by atoms with Crippen molar-refractivity contribution in [1.82, 2.24) is 4.98 Å². The Morgan fingerprint density at radius 3 is 2.41 bits per heavy atom. The van der Waals surface area contributed by atoms with Crippen molar-refractivity contribution in [2.45, 2.75) is 66.1 Å². The lowest BCUT2D eigenvalue weighted by molar-refractivity contribution is -0.00558. The molecule has 4 nitrogen and oxygen atoms in total. The van der Waals surface area contributed by atoms with Crippen molar-refractivity contribution in [2.24, 2.45) is 0 Å². The summed E-state index contributed by atoms with van der Waals surface area (Å²) in [5.74, 6) is 2.46. The Morgan fingerprint density at radius 2 is 1.82 bits per heavy atom. The van der Waals surface area contributed by atoms with E-state index in [0.717, 1.165) is 43.4 Å². The van der Waals surface area contributed by atoms with Crippen LogP contribution in [-0.4, -0.2) is 36.9 Å². The van der Waals surface area contributed by atoms with E-state index in [-0.39, 0.29) is 12.2 Å². The van der Waals surface area contributed by atoms with Crippen LogP contribution in [0.25, 0.3) is 0 Å². The molecule has 0 aliphatic carbocycles. The van der Waals surface area contributed by atoms with Gasteiger partial charge in [0.25, 0.3) is 0 Å². The average Bonchev–Trinajstić information content (AvgIpc) is 2.95. The first-order valence-electron chi connectivity index (χ1n) is 8.61. The maximum absolute atomic E-state index is 5.84. The predicted molar refractivity (Wildman–Crippen MR) is 91.1 cm³/mol. The van der Waals surface area contributed by atoms with Gasteiger partial charge in [-0.15, -0.1) is 0 Å². The monoisotopic (exact) mass is 306 g/mol. The minimum Gasteiger partial charge on any atom is -0.489 e. The minimum atomic E-state index is 0.236. The SMILES string of the molecule is CC.CC1CN(c2nc(C(C)C)cc3c2OCC3)CC(C)O1. The second-order valence-corrected chi connectivity index (χ2v) is 6.27. The van der Waals surface area contributed by atoms with Crippen LogP contribution in [0.15, 0.2) is 6.07 Å². The average molecular weight is 306 g/mol. The summed E-state index contributed by atoms with van der Waals surface area (Å²) in [4.78, 5) is 7.21. The molecular weight excluding hydrogens is 276 g/mol. The van der Waals surface area contributed by atoms with E-state index < -0.39 is 0 Å². The number of anilines is 1. The van der Waals surface area contributed by atoms with Crippen molar-refractivity contribution < 1.29 is 9.47 Å². The summed E-state index contributed by atoms with van der Waals surface area (Å²) in [6.45, 7) is 15.2. The van der Waals surface area contributed by atoms with Gasteiger partial charge >= 0.3 is 0 Å². The van der Waals surface area contributed by atoms with Gasteiger partial charge in [0.15, 0.2) is 11.6 Å². The van der Waals surface area contributed by atoms with Gasteiger partial charge < -0.3 is 14.4 Å². The first kappa shape index (κ1) is 17.1. The maximum Gasteiger partial charge on any atom is 0.172 e. The van der Waals surface area contributed by atoms with Crippen LogP contribution in [-0.2, 0) is 11.2 Å². The van der Waals surface area contributed by atoms with Gasteiger partial charge in [0.05, 0.1) is 18.8 Å². The maximum atomic E-state index is 5.84. The van der Waals surface area contributed by atoms with Crippen molar-refractivity contribution in [3.8, 4) is 5.75 Å². The Hall–Kier alpha value is -1.29. The van der Waals surface area contributed by atoms with Crippen LogP contribution in [0.5, 0.6) is 5.75 Å². The molecule has 3 heterocycles. The van der Waals surface area contributed by atoms with Gasteiger partial charge in [-0.1, -0.05) is 27.7 Å². The van der Waals surface area contributed by atoms with E-state index in [2.05, 4.69) is 38.7 Å². The number of nitrogens with zero attached hydrogens (tertiary/aromatic N) is 2. The Kier molecular flexibility index (Phi) is 5.68. The van der Waals surface area contributed by atoms with Gasteiger partial charge in [0, 0.05) is 30.8 Å². The number of aromatic nitrogens is 1. The summed E-state index contributed by atoms with van der Waals surface area (Å²) in [6, 6.07) is 2.21. The highest BCUT2D eigenvalue weighted by atomic mass is 16.5. The molecule has 0 aromatic carbocycles. The topological polar surface area (TPSA) is 34.6 Å². The second-order valence-electron chi connectivity index (χ2n) is 6.27. The van der Waals surface area contributed by atoms with E-state index in [1.54, 1.807) is 0 Å². The first-order chi connectivity index (χ1) is 10.5. The molecule has 0 saturated carbocycles. The number of morpholine rings is 1. The van der Waals surface area contributed by atoms with Gasteiger partial charge in [0.2, 0.25) is 0 Å². The summed E-state index contributed by atoms with van der Waals surface area (Å²) in [7, 11) is 0. The Labute approximate surface area is 134 Å². The van der Waals surface area contributed by atoms with Crippen LogP contribution in [0.4, 0.5) is 5.82 Å². The van der Waals surface area contributed by atoms with Crippen molar-refractivity contribution in [1.29, 1.82) is 0 Å². The third-order valence-electron chi connectivity index (χ3n) is 3.98. The first-order valence-corrected chi connectivity index (χ1v) is 8.61. The molecule has 3 rings (SSSR count). The van der Waals surface area contributed by atoms with Gasteiger partial charge in [-0.25, -0.2) is 4.98 Å². The Bertz CT molecular complexity index is 492. The standard InChI is InChI=1S/C16H24N2O2.C2H6/c1-10(2)14-7-13-5-6-19-15(13)16(17-14)18-8-11(3)20-12(4)9-18;1-2/h7,10-12H,5-6,8-9H2,1-4H3;1-2H3. The number of hydrogen-bond donors (Lipinski definition) is 0. The fraction of sp³-hybridized carbons (Fsp3) is 0.722. The molecule has 1 aromatic rings. The highest BCUT2D eigenvalue weighted by Gasteiger charge is 2.29. The number of pyridine rings is 1. The third kappa shape index (κ3) is 3.54. The smallest absolute Gasteiger partial charge is 0.172 e. The van der Waals surface area contributed by atoms with E-state index >= 15 is 0 Å². The van der Waals surface area contributed by atoms with Gasteiger partial charge in [-0.2, -0.15) is 0 Å². The molecular formula is C18H30N2O2. The fourth-order valence-corrected chi connectivity index (χ4v) is 3.06. The number of rotatable bonds is 2. The molecule has 2 atom stereocenters. The van der Waals surface area contributed by atoms with Crippen LogP contribution in [0.3, 0.4) is 0 Å². The molecule has 4 heteroatoms. The lowest BCUT2D eigenvalue weighted by Crippen LogP contribution is -2.46. The number of hydrogen-bond acceptors (Lipinski definition) is 4. The summed E-state index contributed by atoms with van der Waals surface area (Å²) < 4.78 is 11.7. The highest BCUT2D eigenvalue weighted by Crippen LogP contribution is 2.37. The lowest BCUT2D eigenvalue weighted by atomic mass is 10.1. The Balaban J connectivity index is 0.000000847. The molecule has 1 fully saturated rings. The van der Waals surface area contributed by atoms with Crippen LogP contribution in [0, 0.1) is 0 Å². The predicted octanol–water partition coefficient (Wildman–Crippen LogP) is 3.78. The molecule has 0 radical (unpaired) electrons. The number of fused-ring (bicyclic) bond motifs is 1. The largest absolute Gasteiger partial charge is 0.489 e. The molecule has 2 aliphatic heterocycles. The summed E-state index contributed by atoms with van der Waals surface area (Å²) in [5, 5.41) is 0. The summed E-state index contributed by atoms with van der Waals surface area (Å²) in [6.07, 6.45) is 1.47. The zero-order chi connectivity index (χ0) is 16.3. The van der Waals surface area contributed by atoms with Crippen molar-refractivity contribution in [2.75, 3.05) is 24.6 Å². The lowest BCUT2D eigenvalue weighted by Gasteiger charge is -2.36. The van der Waals surface area contributed by atoms with Gasteiger partial charge in [0.1, 0.15) is 0 Å². The molecule has 0 bridgehead atoms.